The normalized spacial score (nSPS) is 12.5. The molecule has 9 rings (SSSR count). The van der Waals surface area contributed by atoms with Crippen molar-refractivity contribution in [3.63, 3.8) is 0 Å². The lowest BCUT2D eigenvalue weighted by atomic mass is 9.69. The van der Waals surface area contributed by atoms with E-state index in [0.717, 1.165) is 97.5 Å². The second kappa shape index (κ2) is 43.8. The Morgan fingerprint density at radius 2 is 0.520 bits per heavy atom. The fourth-order valence-electron chi connectivity index (χ4n) is 11.8. The van der Waals surface area contributed by atoms with Gasteiger partial charge in [-0.2, -0.15) is 0 Å². The Balaban J connectivity index is 1.11. The zero-order valence-corrected chi connectivity index (χ0v) is 59.8. The first kappa shape index (κ1) is 77.3. The molecule has 0 atom stereocenters. The summed E-state index contributed by atoms with van der Waals surface area (Å²) in [6, 6.07) is 59.7. The fourth-order valence-corrected chi connectivity index (χ4v) is 11.8. The SMILES string of the molecule is COCCOCCOc1cc(CC2(Cc3cc(OCCOCCOC)cc(OCCOCCOC)c3)c3cc(/C=C/c4ccc(/C=C/c5ccc(OCCCN)cc5)cc4)ccc3-c3ccc(/C=C/c4ccc(/C=C/c5ccc(OCCCCN)cc5)cc4)cc32)cc(OCCOCCOC)c1. The van der Waals surface area contributed by atoms with Crippen LogP contribution in [0.3, 0.4) is 0 Å². The maximum Gasteiger partial charge on any atom is 0.123 e. The molecule has 102 heavy (non-hydrogen) atoms. The second-order valence-electron chi connectivity index (χ2n) is 24.6. The predicted molar refractivity (Wildman–Crippen MR) is 410 cm³/mol. The Kier molecular flexibility index (Phi) is 33.2. The highest BCUT2D eigenvalue weighted by Crippen LogP contribution is 2.54. The summed E-state index contributed by atoms with van der Waals surface area (Å²) in [6.45, 7) is 9.09. The van der Waals surface area contributed by atoms with Gasteiger partial charge in [0.15, 0.2) is 0 Å². The molecular formula is C86H102N2O14. The summed E-state index contributed by atoms with van der Waals surface area (Å²) in [5.74, 6) is 4.31. The lowest BCUT2D eigenvalue weighted by Crippen LogP contribution is -2.31. The average molecular weight is 1390 g/mol. The van der Waals surface area contributed by atoms with Gasteiger partial charge >= 0.3 is 0 Å². The van der Waals surface area contributed by atoms with Gasteiger partial charge in [0.2, 0.25) is 0 Å². The van der Waals surface area contributed by atoms with E-state index in [1.54, 1.807) is 28.4 Å². The molecule has 0 aromatic heterocycles. The number of benzene rings is 8. The highest BCUT2D eigenvalue weighted by Gasteiger charge is 2.44. The minimum Gasteiger partial charge on any atom is -0.494 e. The van der Waals surface area contributed by atoms with E-state index in [9.17, 15) is 0 Å². The first-order valence-corrected chi connectivity index (χ1v) is 35.4. The number of hydrogen-bond acceptors (Lipinski definition) is 16. The lowest BCUT2D eigenvalue weighted by molar-refractivity contribution is 0.0532. The quantitative estimate of drug-likeness (QED) is 0.0271. The number of fused-ring (bicyclic) bond motifs is 3. The van der Waals surface area contributed by atoms with Gasteiger partial charge in [-0.25, -0.2) is 0 Å². The van der Waals surface area contributed by atoms with Crippen molar-refractivity contribution in [1.29, 1.82) is 0 Å². The van der Waals surface area contributed by atoms with Crippen molar-refractivity contribution in [2.45, 2.75) is 37.5 Å². The first-order chi connectivity index (χ1) is 50.3. The third kappa shape index (κ3) is 25.6. The largest absolute Gasteiger partial charge is 0.494 e. The minimum atomic E-state index is -0.735. The number of unbranched alkanes of at least 4 members (excludes halogenated alkanes) is 1. The summed E-state index contributed by atoms with van der Waals surface area (Å²) >= 11 is 0. The standard InChI is InChI=1S/C86H102N2O14/c1-89-40-44-93-48-52-99-78-56-74(57-79(62-78)100-53-49-94-45-41-90-2)64-86(65-75-58-80(101-54-50-95-46-42-91-3)63-81(59-75)102-55-51-96-47-43-92-4)84-60-72(22-20-68-12-8-66(9-13-68)16-18-70-24-30-76(31-25-70)97-38-6-5-36-87)28-34-82(84)83-35-29-73(61-85(83)86)23-21-69-14-10-67(11-15-69)17-19-71-26-32-77(33-27-71)98-39-7-37-88/h8-35,56-63H,5-7,36-55,64-65,87-88H2,1-4H3/b18-16+,19-17+,22-20+,23-21+. The van der Waals surface area contributed by atoms with Crippen molar-refractivity contribution in [1.82, 2.24) is 0 Å². The highest BCUT2D eigenvalue weighted by atomic mass is 16.6. The molecule has 0 fully saturated rings. The summed E-state index contributed by atoms with van der Waals surface area (Å²) in [4.78, 5) is 0. The van der Waals surface area contributed by atoms with Crippen molar-refractivity contribution in [2.24, 2.45) is 11.5 Å². The summed E-state index contributed by atoms with van der Waals surface area (Å²) in [5, 5.41) is 0. The molecule has 0 bridgehead atoms. The van der Waals surface area contributed by atoms with Gasteiger partial charge < -0.3 is 77.8 Å². The molecule has 4 N–H and O–H groups in total. The van der Waals surface area contributed by atoms with E-state index in [1.807, 2.05) is 36.4 Å². The molecule has 8 aromatic carbocycles. The van der Waals surface area contributed by atoms with Crippen molar-refractivity contribution in [3.05, 3.63) is 237 Å². The number of nitrogens with two attached hydrogens (primary N) is 2. The number of rotatable bonds is 49. The van der Waals surface area contributed by atoms with Gasteiger partial charge in [0.1, 0.15) is 60.9 Å². The summed E-state index contributed by atoms with van der Waals surface area (Å²) in [7, 11) is 6.65. The van der Waals surface area contributed by atoms with E-state index in [1.165, 1.54) is 11.1 Å². The third-order valence-corrected chi connectivity index (χ3v) is 17.0. The Labute approximate surface area is 603 Å². The van der Waals surface area contributed by atoms with Gasteiger partial charge in [-0.15, -0.1) is 0 Å². The van der Waals surface area contributed by atoms with E-state index in [2.05, 4.69) is 182 Å². The van der Waals surface area contributed by atoms with Gasteiger partial charge in [0.05, 0.1) is 92.5 Å². The average Bonchev–Trinajstić information content (AvgIpc) is 1.55. The number of hydrogen-bond donors (Lipinski definition) is 2. The summed E-state index contributed by atoms with van der Waals surface area (Å²) < 4.78 is 82.5. The van der Waals surface area contributed by atoms with E-state index < -0.39 is 5.41 Å². The molecule has 0 radical (unpaired) electrons. The molecule has 16 nitrogen and oxygen atoms in total. The predicted octanol–water partition coefficient (Wildman–Crippen LogP) is 15.1. The Bertz CT molecular complexity index is 3690. The van der Waals surface area contributed by atoms with E-state index in [-0.39, 0.29) is 0 Å². The van der Waals surface area contributed by atoms with Crippen LogP contribution in [0.2, 0.25) is 0 Å². The molecule has 1 aliphatic carbocycles. The van der Waals surface area contributed by atoms with Crippen LogP contribution in [0.15, 0.2) is 170 Å². The van der Waals surface area contributed by atoms with Gasteiger partial charge in [-0.05, 0) is 172 Å². The molecule has 0 saturated carbocycles. The summed E-state index contributed by atoms with van der Waals surface area (Å²) in [5.41, 5.74) is 25.8. The third-order valence-electron chi connectivity index (χ3n) is 17.0. The van der Waals surface area contributed by atoms with Crippen LogP contribution >= 0.6 is 0 Å². The maximum absolute atomic E-state index is 6.56. The molecule has 540 valence electrons. The molecule has 0 saturated heterocycles. The van der Waals surface area contributed by atoms with E-state index in [0.29, 0.717) is 168 Å². The van der Waals surface area contributed by atoms with Crippen LogP contribution in [-0.4, -0.2) is 160 Å². The smallest absolute Gasteiger partial charge is 0.123 e. The highest BCUT2D eigenvalue weighted by molar-refractivity contribution is 5.86. The van der Waals surface area contributed by atoms with E-state index in [4.69, 9.17) is 77.8 Å². The first-order valence-electron chi connectivity index (χ1n) is 35.4. The van der Waals surface area contributed by atoms with Crippen LogP contribution in [-0.2, 0) is 56.2 Å². The van der Waals surface area contributed by atoms with Crippen molar-refractivity contribution in [3.8, 4) is 45.6 Å². The zero-order chi connectivity index (χ0) is 71.1. The van der Waals surface area contributed by atoms with Gasteiger partial charge in [0, 0.05) is 46.0 Å². The second-order valence-corrected chi connectivity index (χ2v) is 24.6. The van der Waals surface area contributed by atoms with Crippen LogP contribution in [0.1, 0.15) is 86.0 Å². The van der Waals surface area contributed by atoms with Crippen LogP contribution in [0.25, 0.3) is 59.7 Å². The molecular weight excluding hydrogens is 1280 g/mol. The van der Waals surface area contributed by atoms with Gasteiger partial charge in [-0.3, -0.25) is 0 Å². The molecule has 16 heteroatoms. The van der Waals surface area contributed by atoms with Gasteiger partial charge in [0.25, 0.3) is 0 Å². The maximum atomic E-state index is 6.56. The number of methoxy groups -OCH3 is 4. The molecule has 0 amide bonds. The molecule has 0 heterocycles. The summed E-state index contributed by atoms with van der Waals surface area (Å²) in [6.07, 6.45) is 21.0. The fraction of sp³-hybridized carbons (Fsp3) is 0.349. The molecule has 0 unspecified atom stereocenters. The molecule has 8 aromatic rings. The Morgan fingerprint density at radius 1 is 0.255 bits per heavy atom. The van der Waals surface area contributed by atoms with Crippen LogP contribution in [0.4, 0.5) is 0 Å². The Morgan fingerprint density at radius 3 is 0.824 bits per heavy atom. The lowest BCUT2D eigenvalue weighted by Gasteiger charge is -2.34. The minimum absolute atomic E-state index is 0.320. The number of ether oxygens (including phenoxy) is 14. The van der Waals surface area contributed by atoms with Crippen LogP contribution < -0.4 is 39.9 Å². The topological polar surface area (TPSA) is 181 Å². The monoisotopic (exact) mass is 1390 g/mol. The van der Waals surface area contributed by atoms with Crippen molar-refractivity contribution >= 4 is 48.6 Å². The van der Waals surface area contributed by atoms with Crippen molar-refractivity contribution < 1.29 is 66.3 Å². The Hall–Kier alpha value is -8.88. The van der Waals surface area contributed by atoms with Crippen LogP contribution in [0, 0.1) is 0 Å². The molecule has 0 aliphatic heterocycles. The van der Waals surface area contributed by atoms with Crippen molar-refractivity contribution in [2.75, 3.05) is 160 Å². The zero-order valence-electron chi connectivity index (χ0n) is 59.8. The van der Waals surface area contributed by atoms with E-state index >= 15 is 0 Å². The molecule has 1 aliphatic rings. The molecule has 0 spiro atoms. The van der Waals surface area contributed by atoms with Gasteiger partial charge in [-0.1, -0.05) is 158 Å². The van der Waals surface area contributed by atoms with Crippen LogP contribution in [0.5, 0.6) is 34.5 Å².